The van der Waals surface area contributed by atoms with Crippen LogP contribution in [0, 0.1) is 5.41 Å². The van der Waals surface area contributed by atoms with Crippen molar-refractivity contribution in [1.29, 1.82) is 0 Å². The zero-order valence-corrected chi connectivity index (χ0v) is 15.1. The molecule has 1 saturated carbocycles. The summed E-state index contributed by atoms with van der Waals surface area (Å²) >= 11 is 4.95. The van der Waals surface area contributed by atoms with Crippen LogP contribution in [-0.4, -0.2) is 15.8 Å². The number of halogens is 1. The van der Waals surface area contributed by atoms with Crippen molar-refractivity contribution in [2.45, 2.75) is 62.0 Å². The van der Waals surface area contributed by atoms with E-state index in [0.29, 0.717) is 0 Å². The van der Waals surface area contributed by atoms with Crippen LogP contribution in [0.25, 0.3) is 0 Å². The van der Waals surface area contributed by atoms with Gasteiger partial charge in [-0.15, -0.1) is 11.8 Å². The number of carbonyl (C=O) groups is 1. The highest BCUT2D eigenvalue weighted by Gasteiger charge is 2.58. The lowest BCUT2D eigenvalue weighted by atomic mass is 9.57. The molecule has 2 nitrogen and oxygen atoms in total. The maximum atomic E-state index is 11.8. The van der Waals surface area contributed by atoms with E-state index in [1.54, 1.807) is 0 Å². The lowest BCUT2D eigenvalue weighted by Crippen LogP contribution is -2.54. The van der Waals surface area contributed by atoms with Crippen molar-refractivity contribution in [2.24, 2.45) is 5.41 Å². The van der Waals surface area contributed by atoms with E-state index in [1.165, 1.54) is 11.8 Å². The molecule has 4 heteroatoms. The molecular formula is C17H23BrO2S. The van der Waals surface area contributed by atoms with E-state index in [-0.39, 0.29) is 5.41 Å². The van der Waals surface area contributed by atoms with E-state index >= 15 is 0 Å². The minimum Gasteiger partial charge on any atom is -0.480 e. The summed E-state index contributed by atoms with van der Waals surface area (Å²) in [5.41, 5.74) is 0.254. The summed E-state index contributed by atoms with van der Waals surface area (Å²) in [7, 11) is 0. The van der Waals surface area contributed by atoms with Gasteiger partial charge in [-0.2, -0.15) is 0 Å². The lowest BCUT2D eigenvalue weighted by molar-refractivity contribution is -0.147. The van der Waals surface area contributed by atoms with Crippen LogP contribution in [0.1, 0.15) is 52.4 Å². The molecule has 0 unspecified atom stereocenters. The molecule has 1 aromatic carbocycles. The van der Waals surface area contributed by atoms with Crippen molar-refractivity contribution < 1.29 is 9.90 Å². The highest BCUT2D eigenvalue weighted by molar-refractivity contribution is 9.10. The van der Waals surface area contributed by atoms with E-state index in [4.69, 9.17) is 0 Å². The third-order valence-electron chi connectivity index (χ3n) is 4.40. The highest BCUT2D eigenvalue weighted by atomic mass is 79.9. The Hall–Kier alpha value is -0.480. The van der Waals surface area contributed by atoms with E-state index in [1.807, 2.05) is 24.3 Å². The van der Waals surface area contributed by atoms with Gasteiger partial charge in [0.15, 0.2) is 0 Å². The molecular weight excluding hydrogens is 348 g/mol. The van der Waals surface area contributed by atoms with Crippen LogP contribution in [0.15, 0.2) is 33.6 Å². The summed E-state index contributed by atoms with van der Waals surface area (Å²) in [5, 5.41) is 9.74. The standard InChI is InChI=1S/C17H23BrO2S/c1-3-9-16(10-4-2)11-17(12-16,15(19)20)21-14-7-5-13(18)6-8-14/h5-8H,3-4,9-12H2,1-2H3,(H,19,20). The molecule has 0 saturated heterocycles. The fourth-order valence-electron chi connectivity index (χ4n) is 3.69. The van der Waals surface area contributed by atoms with Crippen LogP contribution in [0.2, 0.25) is 0 Å². The molecule has 0 amide bonds. The average Bonchev–Trinajstić information content (AvgIpc) is 2.39. The first kappa shape index (κ1) is 16.9. The predicted molar refractivity (Wildman–Crippen MR) is 91.8 cm³/mol. The van der Waals surface area contributed by atoms with E-state index in [2.05, 4.69) is 29.8 Å². The summed E-state index contributed by atoms with van der Waals surface area (Å²) in [6.07, 6.45) is 6.18. The van der Waals surface area contributed by atoms with Crippen molar-refractivity contribution in [3.05, 3.63) is 28.7 Å². The number of hydrogen-bond donors (Lipinski definition) is 1. The smallest absolute Gasteiger partial charge is 0.320 e. The topological polar surface area (TPSA) is 37.3 Å². The first-order valence-electron chi connectivity index (χ1n) is 7.63. The van der Waals surface area contributed by atoms with E-state index < -0.39 is 10.7 Å². The van der Waals surface area contributed by atoms with Crippen molar-refractivity contribution >= 4 is 33.7 Å². The Bertz CT molecular complexity index is 484. The van der Waals surface area contributed by atoms with Gasteiger partial charge < -0.3 is 5.11 Å². The molecule has 21 heavy (non-hydrogen) atoms. The molecule has 0 radical (unpaired) electrons. The molecule has 1 N–H and O–H groups in total. The average molecular weight is 371 g/mol. The minimum absolute atomic E-state index is 0.254. The molecule has 0 heterocycles. The van der Waals surface area contributed by atoms with E-state index in [9.17, 15) is 9.90 Å². The van der Waals surface area contributed by atoms with Gasteiger partial charge in [0.1, 0.15) is 4.75 Å². The summed E-state index contributed by atoms with van der Waals surface area (Å²) in [5.74, 6) is -0.654. The lowest BCUT2D eigenvalue weighted by Gasteiger charge is -2.54. The van der Waals surface area contributed by atoms with Gasteiger partial charge in [-0.3, -0.25) is 4.79 Å². The molecule has 0 atom stereocenters. The molecule has 116 valence electrons. The van der Waals surface area contributed by atoms with Crippen LogP contribution >= 0.6 is 27.7 Å². The second kappa shape index (κ2) is 6.74. The largest absolute Gasteiger partial charge is 0.480 e. The Labute approximate surface area is 139 Å². The SMILES string of the molecule is CCCC1(CCC)CC(Sc2ccc(Br)cc2)(C(=O)O)C1. The molecule has 1 aromatic rings. The van der Waals surface area contributed by atoms with Gasteiger partial charge in [0.25, 0.3) is 0 Å². The minimum atomic E-state index is -0.654. The van der Waals surface area contributed by atoms with Gasteiger partial charge in [-0.25, -0.2) is 0 Å². The Balaban J connectivity index is 2.13. The third kappa shape index (κ3) is 3.65. The Morgan fingerprint density at radius 2 is 1.71 bits per heavy atom. The van der Waals surface area contributed by atoms with Gasteiger partial charge in [0, 0.05) is 9.37 Å². The quantitative estimate of drug-likeness (QED) is 0.664. The second-order valence-electron chi connectivity index (χ2n) is 6.21. The number of thioether (sulfide) groups is 1. The number of carboxylic acids is 1. The molecule has 0 bridgehead atoms. The summed E-state index contributed by atoms with van der Waals surface area (Å²) < 4.78 is 0.397. The molecule has 1 fully saturated rings. The first-order valence-corrected chi connectivity index (χ1v) is 9.24. The molecule has 1 aliphatic rings. The van der Waals surface area contributed by atoms with Crippen molar-refractivity contribution in [3.8, 4) is 0 Å². The molecule has 1 aliphatic carbocycles. The Morgan fingerprint density at radius 3 is 2.14 bits per heavy atom. The maximum absolute atomic E-state index is 11.8. The summed E-state index contributed by atoms with van der Waals surface area (Å²) in [6.45, 7) is 4.39. The van der Waals surface area contributed by atoms with Crippen molar-refractivity contribution in [1.82, 2.24) is 0 Å². The fraction of sp³-hybridized carbons (Fsp3) is 0.588. The van der Waals surface area contributed by atoms with E-state index in [0.717, 1.165) is 47.9 Å². The van der Waals surface area contributed by atoms with Crippen LogP contribution in [0.4, 0.5) is 0 Å². The van der Waals surface area contributed by atoms with Crippen LogP contribution < -0.4 is 0 Å². The number of aliphatic carboxylic acids is 1. The molecule has 0 spiro atoms. The van der Waals surface area contributed by atoms with Gasteiger partial charge in [0.2, 0.25) is 0 Å². The normalized spacial score (nSPS) is 19.0. The Morgan fingerprint density at radius 1 is 1.19 bits per heavy atom. The van der Waals surface area contributed by atoms with Crippen LogP contribution in [-0.2, 0) is 4.79 Å². The van der Waals surface area contributed by atoms with Gasteiger partial charge in [0.05, 0.1) is 0 Å². The molecule has 0 aliphatic heterocycles. The third-order valence-corrected chi connectivity index (χ3v) is 6.29. The zero-order valence-electron chi connectivity index (χ0n) is 12.7. The summed E-state index contributed by atoms with van der Waals surface area (Å²) in [6, 6.07) is 7.95. The first-order chi connectivity index (χ1) is 9.95. The van der Waals surface area contributed by atoms with Gasteiger partial charge in [-0.05, 0) is 55.4 Å². The molecule has 0 aromatic heterocycles. The van der Waals surface area contributed by atoms with Gasteiger partial charge >= 0.3 is 5.97 Å². The number of benzene rings is 1. The van der Waals surface area contributed by atoms with Crippen molar-refractivity contribution in [2.75, 3.05) is 0 Å². The zero-order chi connectivity index (χ0) is 15.5. The van der Waals surface area contributed by atoms with Crippen LogP contribution in [0.5, 0.6) is 0 Å². The maximum Gasteiger partial charge on any atom is 0.320 e. The van der Waals surface area contributed by atoms with Crippen molar-refractivity contribution in [3.63, 3.8) is 0 Å². The number of rotatable bonds is 7. The van der Waals surface area contributed by atoms with Crippen LogP contribution in [0.3, 0.4) is 0 Å². The monoisotopic (exact) mass is 370 g/mol. The highest BCUT2D eigenvalue weighted by Crippen LogP contribution is 2.61. The Kier molecular flexibility index (Phi) is 5.42. The molecule has 2 rings (SSSR count). The fourth-order valence-corrected chi connectivity index (χ4v) is 5.53. The predicted octanol–water partition coefficient (Wildman–Crippen LogP) is 5.75. The number of hydrogen-bond acceptors (Lipinski definition) is 2. The number of carboxylic acid groups (broad SMARTS) is 1. The van der Waals surface area contributed by atoms with Gasteiger partial charge in [-0.1, -0.05) is 42.6 Å². The summed E-state index contributed by atoms with van der Waals surface area (Å²) in [4.78, 5) is 12.9. The second-order valence-corrected chi connectivity index (χ2v) is 8.58.